The van der Waals surface area contributed by atoms with Crippen molar-refractivity contribution in [2.24, 2.45) is 0 Å². The minimum absolute atomic E-state index is 0.109. The molecule has 21 heavy (non-hydrogen) atoms. The molecule has 1 aromatic heterocycles. The zero-order chi connectivity index (χ0) is 15.5. The summed E-state index contributed by atoms with van der Waals surface area (Å²) in [7, 11) is 0. The second-order valence-corrected chi connectivity index (χ2v) is 7.01. The third-order valence-corrected chi connectivity index (χ3v) is 4.06. The molecule has 0 aromatic carbocycles. The molecule has 1 N–H and O–H groups in total. The maximum absolute atomic E-state index is 5.90. The topological polar surface area (TPSA) is 37.6 Å². The highest BCUT2D eigenvalue weighted by Crippen LogP contribution is 2.20. The molecule has 2 heterocycles. The Hall–Kier alpha value is -0.840. The summed E-state index contributed by atoms with van der Waals surface area (Å²) in [5.41, 5.74) is 1.42. The van der Waals surface area contributed by atoms with Gasteiger partial charge in [-0.05, 0) is 40.2 Å². The third-order valence-electron chi connectivity index (χ3n) is 4.06. The Labute approximate surface area is 128 Å². The molecule has 0 spiro atoms. The number of aryl methyl sites for hydroxylation is 1. The van der Waals surface area contributed by atoms with Crippen molar-refractivity contribution in [3.63, 3.8) is 0 Å². The van der Waals surface area contributed by atoms with Crippen molar-refractivity contribution in [1.82, 2.24) is 10.2 Å². The van der Waals surface area contributed by atoms with Gasteiger partial charge in [-0.1, -0.05) is 6.92 Å². The van der Waals surface area contributed by atoms with E-state index in [9.17, 15) is 0 Å². The van der Waals surface area contributed by atoms with Crippen LogP contribution in [0.15, 0.2) is 10.5 Å². The number of nitrogens with one attached hydrogen (secondary N) is 1. The van der Waals surface area contributed by atoms with E-state index in [2.05, 4.69) is 50.9 Å². The molecule has 1 unspecified atom stereocenters. The van der Waals surface area contributed by atoms with Gasteiger partial charge in [-0.2, -0.15) is 0 Å². The van der Waals surface area contributed by atoms with Crippen LogP contribution in [0.3, 0.4) is 0 Å². The Bertz CT molecular complexity index is 448. The van der Waals surface area contributed by atoms with Crippen LogP contribution in [-0.2, 0) is 17.8 Å². The molecule has 1 saturated heterocycles. The van der Waals surface area contributed by atoms with Crippen molar-refractivity contribution in [1.29, 1.82) is 0 Å². The molecule has 1 aliphatic rings. The maximum Gasteiger partial charge on any atom is 0.118 e. The van der Waals surface area contributed by atoms with Crippen LogP contribution in [-0.4, -0.2) is 36.2 Å². The smallest absolute Gasteiger partial charge is 0.118 e. The number of nitrogens with zero attached hydrogens (tertiary/aromatic N) is 1. The molecular formula is C17H30N2O2. The van der Waals surface area contributed by atoms with Gasteiger partial charge in [-0.25, -0.2) is 0 Å². The van der Waals surface area contributed by atoms with E-state index in [0.717, 1.165) is 50.8 Å². The predicted molar refractivity (Wildman–Crippen MR) is 85.3 cm³/mol. The molecule has 0 amide bonds. The van der Waals surface area contributed by atoms with E-state index in [1.807, 2.05) is 0 Å². The molecule has 4 nitrogen and oxygen atoms in total. The van der Waals surface area contributed by atoms with Crippen LogP contribution >= 0.6 is 0 Å². The van der Waals surface area contributed by atoms with E-state index in [1.54, 1.807) is 0 Å². The number of hydrogen-bond donors (Lipinski definition) is 1. The summed E-state index contributed by atoms with van der Waals surface area (Å²) < 4.78 is 11.5. The second-order valence-electron chi connectivity index (χ2n) is 7.01. The van der Waals surface area contributed by atoms with Crippen molar-refractivity contribution < 1.29 is 9.15 Å². The Morgan fingerprint density at radius 3 is 2.81 bits per heavy atom. The molecule has 1 atom stereocenters. The Morgan fingerprint density at radius 1 is 1.38 bits per heavy atom. The van der Waals surface area contributed by atoms with Crippen molar-refractivity contribution in [2.75, 3.05) is 19.8 Å². The van der Waals surface area contributed by atoms with E-state index < -0.39 is 0 Å². The van der Waals surface area contributed by atoms with E-state index in [1.165, 1.54) is 5.56 Å². The van der Waals surface area contributed by atoms with Crippen molar-refractivity contribution in [3.8, 4) is 0 Å². The average Bonchev–Trinajstić information content (AvgIpc) is 2.77. The monoisotopic (exact) mass is 294 g/mol. The van der Waals surface area contributed by atoms with Crippen molar-refractivity contribution in [2.45, 2.75) is 65.7 Å². The Balaban J connectivity index is 1.98. The van der Waals surface area contributed by atoms with Gasteiger partial charge in [0.05, 0.1) is 19.8 Å². The van der Waals surface area contributed by atoms with E-state index >= 15 is 0 Å². The fourth-order valence-corrected chi connectivity index (χ4v) is 2.68. The molecule has 1 aliphatic heterocycles. The van der Waals surface area contributed by atoms with Crippen LogP contribution in [0.25, 0.3) is 0 Å². The lowest BCUT2D eigenvalue weighted by molar-refractivity contribution is -0.0129. The van der Waals surface area contributed by atoms with Gasteiger partial charge >= 0.3 is 0 Å². The lowest BCUT2D eigenvalue weighted by Gasteiger charge is -2.34. The molecular weight excluding hydrogens is 264 g/mol. The fraction of sp³-hybridized carbons (Fsp3) is 0.765. The molecule has 4 heteroatoms. The third kappa shape index (κ3) is 4.83. The van der Waals surface area contributed by atoms with Crippen LogP contribution in [0.5, 0.6) is 0 Å². The SMILES string of the molecule is CCC1COCCN1Cc1cc(CNC(C)(C)C)oc1C. The van der Waals surface area contributed by atoms with Crippen LogP contribution in [0.2, 0.25) is 0 Å². The minimum Gasteiger partial charge on any atom is -0.465 e. The normalized spacial score (nSPS) is 20.9. The van der Waals surface area contributed by atoms with Crippen molar-refractivity contribution >= 4 is 0 Å². The Kier molecular flexibility index (Phi) is 5.47. The average molecular weight is 294 g/mol. The second kappa shape index (κ2) is 6.95. The maximum atomic E-state index is 5.90. The lowest BCUT2D eigenvalue weighted by atomic mass is 10.1. The summed E-state index contributed by atoms with van der Waals surface area (Å²) >= 11 is 0. The van der Waals surface area contributed by atoms with Gasteiger partial charge in [0, 0.05) is 30.2 Å². The summed E-state index contributed by atoms with van der Waals surface area (Å²) in [5, 5.41) is 3.47. The highest BCUT2D eigenvalue weighted by Gasteiger charge is 2.23. The standard InChI is InChI=1S/C17H30N2O2/c1-6-15-12-20-8-7-19(15)11-14-9-16(21-13(14)2)10-18-17(3,4)5/h9,15,18H,6-8,10-12H2,1-5H3. The van der Waals surface area contributed by atoms with Gasteiger partial charge in [-0.15, -0.1) is 0 Å². The first-order chi connectivity index (χ1) is 9.89. The van der Waals surface area contributed by atoms with Gasteiger partial charge in [0.1, 0.15) is 11.5 Å². The zero-order valence-electron chi connectivity index (χ0n) is 14.2. The molecule has 2 rings (SSSR count). The summed E-state index contributed by atoms with van der Waals surface area (Å²) in [6, 6.07) is 2.74. The fourth-order valence-electron chi connectivity index (χ4n) is 2.68. The highest BCUT2D eigenvalue weighted by molar-refractivity contribution is 5.21. The molecule has 0 saturated carbocycles. The summed E-state index contributed by atoms with van der Waals surface area (Å²) in [6.45, 7) is 15.3. The number of ether oxygens (including phenoxy) is 1. The molecule has 0 aliphatic carbocycles. The molecule has 0 radical (unpaired) electrons. The number of morpholine rings is 1. The number of hydrogen-bond acceptors (Lipinski definition) is 4. The molecule has 1 aromatic rings. The largest absolute Gasteiger partial charge is 0.465 e. The molecule has 0 bridgehead atoms. The van der Waals surface area contributed by atoms with Gasteiger partial charge in [0.25, 0.3) is 0 Å². The quantitative estimate of drug-likeness (QED) is 0.905. The minimum atomic E-state index is 0.109. The van der Waals surface area contributed by atoms with Gasteiger partial charge < -0.3 is 14.5 Å². The molecule has 120 valence electrons. The van der Waals surface area contributed by atoms with Crippen LogP contribution in [0, 0.1) is 6.92 Å². The first kappa shape index (κ1) is 16.5. The first-order valence-electron chi connectivity index (χ1n) is 8.04. The van der Waals surface area contributed by atoms with E-state index in [4.69, 9.17) is 9.15 Å². The van der Waals surface area contributed by atoms with E-state index in [0.29, 0.717) is 6.04 Å². The number of furan rings is 1. The zero-order valence-corrected chi connectivity index (χ0v) is 14.2. The Morgan fingerprint density at radius 2 is 2.14 bits per heavy atom. The van der Waals surface area contributed by atoms with Crippen LogP contribution in [0.1, 0.15) is 51.2 Å². The summed E-state index contributed by atoms with van der Waals surface area (Å²) in [6.07, 6.45) is 1.13. The van der Waals surface area contributed by atoms with Gasteiger partial charge in [0.2, 0.25) is 0 Å². The van der Waals surface area contributed by atoms with Crippen LogP contribution in [0.4, 0.5) is 0 Å². The van der Waals surface area contributed by atoms with Crippen molar-refractivity contribution in [3.05, 3.63) is 23.2 Å². The van der Waals surface area contributed by atoms with Gasteiger partial charge in [0.15, 0.2) is 0 Å². The highest BCUT2D eigenvalue weighted by atomic mass is 16.5. The summed E-state index contributed by atoms with van der Waals surface area (Å²) in [5.74, 6) is 2.07. The van der Waals surface area contributed by atoms with Gasteiger partial charge in [-0.3, -0.25) is 4.90 Å². The lowest BCUT2D eigenvalue weighted by Crippen LogP contribution is -2.44. The molecule has 1 fully saturated rings. The van der Waals surface area contributed by atoms with Crippen LogP contribution < -0.4 is 5.32 Å². The predicted octanol–water partition coefficient (Wildman–Crippen LogP) is 3.09. The van der Waals surface area contributed by atoms with E-state index in [-0.39, 0.29) is 5.54 Å². The summed E-state index contributed by atoms with van der Waals surface area (Å²) in [4.78, 5) is 2.52. The number of rotatable bonds is 5. The first-order valence-corrected chi connectivity index (χ1v) is 8.04.